The van der Waals surface area contributed by atoms with Gasteiger partial charge in [0.05, 0.1) is 25.0 Å². The summed E-state index contributed by atoms with van der Waals surface area (Å²) in [5.41, 5.74) is 5.99. The summed E-state index contributed by atoms with van der Waals surface area (Å²) >= 11 is 0. The fourth-order valence-electron chi connectivity index (χ4n) is 2.08. The Kier molecular flexibility index (Phi) is 2.86. The van der Waals surface area contributed by atoms with Crippen LogP contribution in [-0.2, 0) is 5.54 Å². The second-order valence-electron chi connectivity index (χ2n) is 4.16. The van der Waals surface area contributed by atoms with Crippen molar-refractivity contribution in [3.8, 4) is 5.75 Å². The van der Waals surface area contributed by atoms with Gasteiger partial charge in [0.25, 0.3) is 0 Å². The maximum atomic E-state index is 6.31. The van der Waals surface area contributed by atoms with Gasteiger partial charge in [-0.15, -0.1) is 0 Å². The molecule has 1 aliphatic carbocycles. The molecule has 0 aliphatic heterocycles. The van der Waals surface area contributed by atoms with Crippen molar-refractivity contribution < 1.29 is 4.74 Å². The Balaban J connectivity index is 2.20. The van der Waals surface area contributed by atoms with E-state index in [2.05, 4.69) is 9.97 Å². The Morgan fingerprint density at radius 3 is 2.33 bits per heavy atom. The van der Waals surface area contributed by atoms with Crippen molar-refractivity contribution in [3.05, 3.63) is 18.2 Å². The van der Waals surface area contributed by atoms with Gasteiger partial charge in [-0.05, 0) is 12.8 Å². The fourth-order valence-corrected chi connectivity index (χ4v) is 2.08. The van der Waals surface area contributed by atoms with Gasteiger partial charge in [0.2, 0.25) is 0 Å². The van der Waals surface area contributed by atoms with Crippen LogP contribution in [0.2, 0.25) is 0 Å². The largest absolute Gasteiger partial charge is 0.494 e. The molecule has 0 spiro atoms. The number of rotatable bonds is 2. The highest BCUT2D eigenvalue weighted by atomic mass is 16.5. The second kappa shape index (κ2) is 4.14. The number of methoxy groups -OCH3 is 1. The molecule has 0 bridgehead atoms. The van der Waals surface area contributed by atoms with Crippen LogP contribution in [0.15, 0.2) is 12.4 Å². The van der Waals surface area contributed by atoms with E-state index in [0.29, 0.717) is 5.75 Å². The van der Waals surface area contributed by atoms with Crippen molar-refractivity contribution >= 4 is 0 Å². The molecule has 1 aromatic heterocycles. The first kappa shape index (κ1) is 10.4. The van der Waals surface area contributed by atoms with Crippen molar-refractivity contribution in [2.75, 3.05) is 7.11 Å². The summed E-state index contributed by atoms with van der Waals surface area (Å²) in [6.45, 7) is 0. The lowest BCUT2D eigenvalue weighted by Gasteiger charge is -2.31. The minimum absolute atomic E-state index is 0.315. The van der Waals surface area contributed by atoms with E-state index in [1.165, 1.54) is 19.3 Å². The molecule has 0 amide bonds. The Labute approximate surface area is 89.9 Å². The molecule has 2 rings (SSSR count). The van der Waals surface area contributed by atoms with Gasteiger partial charge in [0.15, 0.2) is 5.75 Å². The summed E-state index contributed by atoms with van der Waals surface area (Å²) in [5.74, 6) is 1.43. The molecular weight excluding hydrogens is 190 g/mol. The third-order valence-electron chi connectivity index (χ3n) is 3.05. The quantitative estimate of drug-likeness (QED) is 0.800. The van der Waals surface area contributed by atoms with Crippen molar-refractivity contribution in [1.29, 1.82) is 0 Å². The van der Waals surface area contributed by atoms with Gasteiger partial charge >= 0.3 is 0 Å². The molecule has 2 N–H and O–H groups in total. The van der Waals surface area contributed by atoms with Crippen molar-refractivity contribution in [3.63, 3.8) is 0 Å². The average Bonchev–Trinajstić information content (AvgIpc) is 2.30. The summed E-state index contributed by atoms with van der Waals surface area (Å²) in [6.07, 6.45) is 8.96. The summed E-state index contributed by atoms with van der Waals surface area (Å²) in [5, 5.41) is 0. The number of nitrogens with zero attached hydrogens (tertiary/aromatic N) is 2. The number of nitrogens with two attached hydrogens (primary N) is 1. The lowest BCUT2D eigenvalue weighted by Crippen LogP contribution is -2.40. The zero-order valence-corrected chi connectivity index (χ0v) is 9.07. The van der Waals surface area contributed by atoms with Crippen LogP contribution in [0.4, 0.5) is 0 Å². The van der Waals surface area contributed by atoms with Crippen molar-refractivity contribution in [1.82, 2.24) is 9.97 Å². The van der Waals surface area contributed by atoms with Crippen molar-refractivity contribution in [2.24, 2.45) is 5.73 Å². The molecular formula is C11H17N3O. The molecule has 4 nitrogen and oxygen atoms in total. The Morgan fingerprint density at radius 1 is 1.20 bits per heavy atom. The van der Waals surface area contributed by atoms with E-state index >= 15 is 0 Å². The Morgan fingerprint density at radius 2 is 1.80 bits per heavy atom. The molecule has 0 aromatic carbocycles. The summed E-state index contributed by atoms with van der Waals surface area (Å²) in [4.78, 5) is 8.57. The molecule has 1 aromatic rings. The summed E-state index contributed by atoms with van der Waals surface area (Å²) in [6, 6.07) is 0. The minimum Gasteiger partial charge on any atom is -0.494 e. The van der Waals surface area contributed by atoms with E-state index in [4.69, 9.17) is 10.5 Å². The van der Waals surface area contributed by atoms with Crippen LogP contribution in [0.5, 0.6) is 5.75 Å². The molecule has 0 unspecified atom stereocenters. The van der Waals surface area contributed by atoms with Crippen LogP contribution >= 0.6 is 0 Å². The standard InChI is InChI=1S/C11H17N3O/c1-15-9-7-13-10(14-8-9)11(12)5-3-2-4-6-11/h7-8H,2-6,12H2,1H3. The van der Waals surface area contributed by atoms with Crippen LogP contribution in [0.25, 0.3) is 0 Å². The number of aromatic nitrogens is 2. The molecule has 1 saturated carbocycles. The molecule has 15 heavy (non-hydrogen) atoms. The van der Waals surface area contributed by atoms with Crippen LogP contribution in [0.3, 0.4) is 0 Å². The van der Waals surface area contributed by atoms with Gasteiger partial charge in [-0.2, -0.15) is 0 Å². The molecule has 0 atom stereocenters. The SMILES string of the molecule is COc1cnc(C2(N)CCCCC2)nc1. The normalized spacial score (nSPS) is 19.9. The van der Waals surface area contributed by atoms with Gasteiger partial charge in [0, 0.05) is 0 Å². The predicted molar refractivity (Wildman–Crippen MR) is 57.5 cm³/mol. The van der Waals surface area contributed by atoms with E-state index in [0.717, 1.165) is 18.7 Å². The maximum Gasteiger partial charge on any atom is 0.155 e. The highest BCUT2D eigenvalue weighted by Crippen LogP contribution is 2.32. The molecule has 4 heteroatoms. The summed E-state index contributed by atoms with van der Waals surface area (Å²) in [7, 11) is 1.61. The highest BCUT2D eigenvalue weighted by molar-refractivity contribution is 5.15. The smallest absolute Gasteiger partial charge is 0.155 e. The first-order chi connectivity index (χ1) is 7.24. The topological polar surface area (TPSA) is 61.0 Å². The Bertz CT molecular complexity index is 317. The average molecular weight is 207 g/mol. The van der Waals surface area contributed by atoms with Crippen LogP contribution < -0.4 is 10.5 Å². The first-order valence-electron chi connectivity index (χ1n) is 5.40. The van der Waals surface area contributed by atoms with Gasteiger partial charge in [0.1, 0.15) is 5.82 Å². The number of hydrogen-bond acceptors (Lipinski definition) is 4. The van der Waals surface area contributed by atoms with Gasteiger partial charge < -0.3 is 10.5 Å². The highest BCUT2D eigenvalue weighted by Gasteiger charge is 2.31. The van der Waals surface area contributed by atoms with Gasteiger partial charge in [-0.3, -0.25) is 0 Å². The van der Waals surface area contributed by atoms with Crippen LogP contribution in [0.1, 0.15) is 37.9 Å². The molecule has 1 fully saturated rings. The molecule has 1 heterocycles. The van der Waals surface area contributed by atoms with E-state index in [1.54, 1.807) is 19.5 Å². The number of hydrogen-bond donors (Lipinski definition) is 1. The van der Waals surface area contributed by atoms with E-state index < -0.39 is 0 Å². The van der Waals surface area contributed by atoms with E-state index in [1.807, 2.05) is 0 Å². The molecule has 82 valence electrons. The van der Waals surface area contributed by atoms with E-state index in [9.17, 15) is 0 Å². The van der Waals surface area contributed by atoms with Gasteiger partial charge in [-0.25, -0.2) is 9.97 Å². The fraction of sp³-hybridized carbons (Fsp3) is 0.636. The van der Waals surface area contributed by atoms with Crippen molar-refractivity contribution in [2.45, 2.75) is 37.6 Å². The second-order valence-corrected chi connectivity index (χ2v) is 4.16. The predicted octanol–water partition coefficient (Wildman–Crippen LogP) is 1.60. The maximum absolute atomic E-state index is 6.31. The van der Waals surface area contributed by atoms with E-state index in [-0.39, 0.29) is 5.54 Å². The van der Waals surface area contributed by atoms with Gasteiger partial charge in [-0.1, -0.05) is 19.3 Å². The monoisotopic (exact) mass is 207 g/mol. The third-order valence-corrected chi connectivity index (χ3v) is 3.05. The van der Waals surface area contributed by atoms with Crippen LogP contribution in [-0.4, -0.2) is 17.1 Å². The third kappa shape index (κ3) is 2.09. The minimum atomic E-state index is -0.315. The molecule has 0 saturated heterocycles. The lowest BCUT2D eigenvalue weighted by molar-refractivity contribution is 0.285. The number of ether oxygens (including phenoxy) is 1. The molecule has 1 aliphatic rings. The Hall–Kier alpha value is -1.16. The zero-order valence-electron chi connectivity index (χ0n) is 9.07. The summed E-state index contributed by atoms with van der Waals surface area (Å²) < 4.78 is 5.02. The zero-order chi connectivity index (χ0) is 10.7. The molecule has 0 radical (unpaired) electrons. The lowest BCUT2D eigenvalue weighted by atomic mass is 9.82. The van der Waals surface area contributed by atoms with Crippen LogP contribution in [0, 0.1) is 0 Å². The first-order valence-corrected chi connectivity index (χ1v) is 5.40.